The summed E-state index contributed by atoms with van der Waals surface area (Å²) in [7, 11) is 0. The van der Waals surface area contributed by atoms with E-state index in [1.165, 1.54) is 0 Å². The second-order valence-electron chi connectivity index (χ2n) is 4.71. The van der Waals surface area contributed by atoms with Crippen molar-refractivity contribution in [3.63, 3.8) is 0 Å². The molecule has 1 aromatic heterocycles. The van der Waals surface area contributed by atoms with Crippen LogP contribution in [0.1, 0.15) is 5.56 Å². The number of hydrogen-bond donors (Lipinski definition) is 1. The first-order valence-corrected chi connectivity index (χ1v) is 6.33. The molecule has 3 rings (SSSR count). The van der Waals surface area contributed by atoms with Gasteiger partial charge < -0.3 is 10.5 Å². The summed E-state index contributed by atoms with van der Waals surface area (Å²) < 4.78 is 32.6. The molecule has 0 atom stereocenters. The number of nitrogen functional groups attached to an aromatic ring is 1. The number of hydrogen-bond acceptors (Lipinski definition) is 3. The molecule has 0 unspecified atom stereocenters. The number of nitrogens with zero attached hydrogens (tertiary/aromatic N) is 1. The van der Waals surface area contributed by atoms with Gasteiger partial charge in [0.25, 0.3) is 0 Å². The van der Waals surface area contributed by atoms with E-state index in [2.05, 4.69) is 4.98 Å². The number of fused-ring (bicyclic) bond motifs is 1. The van der Waals surface area contributed by atoms with Crippen molar-refractivity contribution in [2.75, 3.05) is 5.73 Å². The molecule has 0 saturated heterocycles. The van der Waals surface area contributed by atoms with Gasteiger partial charge in [-0.05, 0) is 19.1 Å². The van der Waals surface area contributed by atoms with E-state index in [9.17, 15) is 8.78 Å². The van der Waals surface area contributed by atoms with Crippen molar-refractivity contribution in [1.29, 1.82) is 0 Å². The second kappa shape index (κ2) is 5.01. The smallest absolute Gasteiger partial charge is 0.222 e. The van der Waals surface area contributed by atoms with Gasteiger partial charge in [0.15, 0.2) is 11.6 Å². The number of para-hydroxylation sites is 1. The maximum absolute atomic E-state index is 13.8. The van der Waals surface area contributed by atoms with Crippen molar-refractivity contribution >= 4 is 16.6 Å². The number of benzene rings is 2. The van der Waals surface area contributed by atoms with E-state index in [4.69, 9.17) is 10.5 Å². The molecule has 0 bridgehead atoms. The number of halogens is 2. The Hall–Kier alpha value is -2.69. The van der Waals surface area contributed by atoms with Gasteiger partial charge in [0.2, 0.25) is 5.88 Å². The van der Waals surface area contributed by atoms with E-state index >= 15 is 0 Å². The van der Waals surface area contributed by atoms with Gasteiger partial charge in [0.1, 0.15) is 5.82 Å². The zero-order valence-electron chi connectivity index (χ0n) is 11.2. The molecule has 2 aromatic carbocycles. The third kappa shape index (κ3) is 2.50. The van der Waals surface area contributed by atoms with Crippen molar-refractivity contribution in [2.45, 2.75) is 6.92 Å². The van der Waals surface area contributed by atoms with Gasteiger partial charge in [-0.25, -0.2) is 13.8 Å². The van der Waals surface area contributed by atoms with E-state index < -0.39 is 11.6 Å². The molecule has 0 amide bonds. The van der Waals surface area contributed by atoms with Gasteiger partial charge >= 0.3 is 0 Å². The lowest BCUT2D eigenvalue weighted by Gasteiger charge is -2.10. The Balaban J connectivity index is 2.05. The highest BCUT2D eigenvalue weighted by Crippen LogP contribution is 2.30. The maximum Gasteiger partial charge on any atom is 0.222 e. The number of nitrogens with two attached hydrogens (primary N) is 1. The minimum Gasteiger partial charge on any atom is -0.436 e. The Morgan fingerprint density at radius 3 is 2.62 bits per heavy atom. The number of ether oxygens (including phenoxy) is 1. The Labute approximate surface area is 120 Å². The highest BCUT2D eigenvalue weighted by atomic mass is 19.1. The Morgan fingerprint density at radius 2 is 1.81 bits per heavy atom. The summed E-state index contributed by atoms with van der Waals surface area (Å²) in [5, 5.41) is 0.950. The van der Waals surface area contributed by atoms with E-state index in [1.807, 2.05) is 30.3 Å². The van der Waals surface area contributed by atoms with Crippen molar-refractivity contribution < 1.29 is 13.5 Å². The highest BCUT2D eigenvalue weighted by molar-refractivity contribution is 5.80. The molecular formula is C16H12F2N2O. The van der Waals surface area contributed by atoms with Crippen LogP contribution in [0.25, 0.3) is 10.9 Å². The summed E-state index contributed by atoms with van der Waals surface area (Å²) in [6, 6.07) is 11.2. The van der Waals surface area contributed by atoms with Crippen LogP contribution in [0.4, 0.5) is 14.5 Å². The van der Waals surface area contributed by atoms with Crippen LogP contribution in [0.2, 0.25) is 0 Å². The van der Waals surface area contributed by atoms with Crippen LogP contribution in [-0.2, 0) is 0 Å². The molecule has 0 spiro atoms. The van der Waals surface area contributed by atoms with E-state index in [1.54, 1.807) is 6.92 Å². The molecule has 0 fully saturated rings. The normalized spacial score (nSPS) is 10.8. The van der Waals surface area contributed by atoms with Gasteiger partial charge in [-0.15, -0.1) is 0 Å². The zero-order valence-corrected chi connectivity index (χ0v) is 11.2. The molecule has 3 aromatic rings. The fourth-order valence-corrected chi connectivity index (χ4v) is 2.03. The van der Waals surface area contributed by atoms with Crippen LogP contribution in [0.5, 0.6) is 11.6 Å². The number of aryl methyl sites for hydroxylation is 1. The molecule has 3 nitrogen and oxygen atoms in total. The first-order valence-electron chi connectivity index (χ1n) is 6.33. The molecule has 2 N–H and O–H groups in total. The Bertz CT molecular complexity index is 834. The average Bonchev–Trinajstić information content (AvgIpc) is 2.45. The zero-order chi connectivity index (χ0) is 15.0. The van der Waals surface area contributed by atoms with Gasteiger partial charge in [-0.1, -0.05) is 18.2 Å². The van der Waals surface area contributed by atoms with Crippen LogP contribution in [0.15, 0.2) is 42.5 Å². The van der Waals surface area contributed by atoms with Crippen molar-refractivity contribution in [3.05, 3.63) is 59.7 Å². The summed E-state index contributed by atoms with van der Waals surface area (Å²) in [5.74, 6) is -1.47. The molecule has 0 aliphatic heterocycles. The molecule has 0 aliphatic rings. The summed E-state index contributed by atoms with van der Waals surface area (Å²) in [5.41, 5.74) is 6.48. The molecule has 0 radical (unpaired) electrons. The third-order valence-corrected chi connectivity index (χ3v) is 3.13. The predicted molar refractivity (Wildman–Crippen MR) is 77.3 cm³/mol. The summed E-state index contributed by atoms with van der Waals surface area (Å²) in [6.45, 7) is 1.79. The monoisotopic (exact) mass is 286 g/mol. The number of pyridine rings is 1. The molecule has 21 heavy (non-hydrogen) atoms. The van der Waals surface area contributed by atoms with Crippen molar-refractivity contribution in [1.82, 2.24) is 4.98 Å². The lowest BCUT2D eigenvalue weighted by atomic mass is 10.2. The molecule has 5 heteroatoms. The third-order valence-electron chi connectivity index (χ3n) is 3.13. The second-order valence-corrected chi connectivity index (χ2v) is 4.71. The predicted octanol–water partition coefficient (Wildman–Crippen LogP) is 4.20. The van der Waals surface area contributed by atoms with Gasteiger partial charge in [0, 0.05) is 23.1 Å². The molecular weight excluding hydrogens is 274 g/mol. The van der Waals surface area contributed by atoms with Crippen LogP contribution >= 0.6 is 0 Å². The standard InChI is InChI=1S/C16H12F2N2O/c1-9-6-10-4-2-3-5-14(10)20-16(9)21-15-8-11(17)13(19)7-12(15)18/h2-8H,19H2,1H3. The number of aromatic nitrogens is 1. The number of rotatable bonds is 2. The fraction of sp³-hybridized carbons (Fsp3) is 0.0625. The lowest BCUT2D eigenvalue weighted by molar-refractivity contribution is 0.422. The number of anilines is 1. The minimum absolute atomic E-state index is 0.233. The molecule has 106 valence electrons. The quantitative estimate of drug-likeness (QED) is 0.718. The van der Waals surface area contributed by atoms with Crippen LogP contribution in [0, 0.1) is 18.6 Å². The average molecular weight is 286 g/mol. The molecule has 0 saturated carbocycles. The largest absolute Gasteiger partial charge is 0.436 e. The summed E-state index contributed by atoms with van der Waals surface area (Å²) >= 11 is 0. The maximum atomic E-state index is 13.8. The summed E-state index contributed by atoms with van der Waals surface area (Å²) in [6.07, 6.45) is 0. The molecule has 1 heterocycles. The Morgan fingerprint density at radius 1 is 1.05 bits per heavy atom. The van der Waals surface area contributed by atoms with Crippen LogP contribution in [0.3, 0.4) is 0 Å². The van der Waals surface area contributed by atoms with Gasteiger partial charge in [-0.2, -0.15) is 0 Å². The molecule has 0 aliphatic carbocycles. The van der Waals surface area contributed by atoms with Crippen LogP contribution < -0.4 is 10.5 Å². The summed E-state index contributed by atoms with van der Waals surface area (Å²) in [4.78, 5) is 4.32. The van der Waals surface area contributed by atoms with Gasteiger partial charge in [0.05, 0.1) is 11.2 Å². The van der Waals surface area contributed by atoms with Crippen LogP contribution in [-0.4, -0.2) is 4.98 Å². The van der Waals surface area contributed by atoms with Crippen molar-refractivity contribution in [3.8, 4) is 11.6 Å². The SMILES string of the molecule is Cc1cc2ccccc2nc1Oc1cc(F)c(N)cc1F. The van der Waals surface area contributed by atoms with Crippen molar-refractivity contribution in [2.24, 2.45) is 0 Å². The first kappa shape index (κ1) is 13.3. The fourth-order valence-electron chi connectivity index (χ4n) is 2.03. The van der Waals surface area contributed by atoms with E-state index in [-0.39, 0.29) is 17.3 Å². The van der Waals surface area contributed by atoms with Gasteiger partial charge in [-0.3, -0.25) is 0 Å². The first-order chi connectivity index (χ1) is 10.0. The highest BCUT2D eigenvalue weighted by Gasteiger charge is 2.12. The minimum atomic E-state index is -0.733. The Kier molecular flexibility index (Phi) is 3.17. The van der Waals surface area contributed by atoms with E-state index in [0.29, 0.717) is 0 Å². The topological polar surface area (TPSA) is 48.1 Å². The van der Waals surface area contributed by atoms with E-state index in [0.717, 1.165) is 28.6 Å². The lowest BCUT2D eigenvalue weighted by Crippen LogP contribution is -1.98.